The highest BCUT2D eigenvalue weighted by Gasteiger charge is 2.11. The Morgan fingerprint density at radius 1 is 0.905 bits per heavy atom. The summed E-state index contributed by atoms with van der Waals surface area (Å²) in [6.07, 6.45) is 9.24. The molecule has 120 valence electrons. The Labute approximate surface area is 129 Å². The molecule has 3 nitrogen and oxygen atoms in total. The van der Waals surface area contributed by atoms with Crippen LogP contribution < -0.4 is 9.47 Å². The molecule has 1 rings (SSSR count). The van der Waals surface area contributed by atoms with E-state index in [0.29, 0.717) is 11.5 Å². The van der Waals surface area contributed by atoms with Crippen molar-refractivity contribution in [1.29, 1.82) is 0 Å². The maximum Gasteiger partial charge on any atom is 0.161 e. The summed E-state index contributed by atoms with van der Waals surface area (Å²) in [7, 11) is 3.23. The second kappa shape index (κ2) is 10.5. The molecule has 0 saturated heterocycles. The zero-order valence-corrected chi connectivity index (χ0v) is 13.7. The van der Waals surface area contributed by atoms with Crippen molar-refractivity contribution in [3.63, 3.8) is 0 Å². The predicted molar refractivity (Wildman–Crippen MR) is 87.1 cm³/mol. The smallest absolute Gasteiger partial charge is 0.161 e. The van der Waals surface area contributed by atoms with Gasteiger partial charge in [-0.25, -0.2) is 0 Å². The number of aliphatic hydroxyl groups is 1. The summed E-state index contributed by atoms with van der Waals surface area (Å²) in [5.74, 6) is 1.37. The van der Waals surface area contributed by atoms with Gasteiger partial charge >= 0.3 is 0 Å². The first kappa shape index (κ1) is 17.8. The molecular weight excluding hydrogens is 264 g/mol. The van der Waals surface area contributed by atoms with Crippen LogP contribution in [-0.4, -0.2) is 19.3 Å². The SMILES string of the molecule is CCCCCCCCCC(O)c1ccc(OC)c(OC)c1. The lowest BCUT2D eigenvalue weighted by molar-refractivity contribution is 0.163. The fourth-order valence-corrected chi connectivity index (χ4v) is 2.52. The second-order valence-electron chi connectivity index (χ2n) is 5.54. The Hall–Kier alpha value is -1.22. The first-order valence-electron chi connectivity index (χ1n) is 8.13. The number of aliphatic hydroxyl groups excluding tert-OH is 1. The van der Waals surface area contributed by atoms with Crippen molar-refractivity contribution in [2.24, 2.45) is 0 Å². The van der Waals surface area contributed by atoms with E-state index in [-0.39, 0.29) is 0 Å². The average Bonchev–Trinajstić information content (AvgIpc) is 2.53. The summed E-state index contributed by atoms with van der Waals surface area (Å²) in [6, 6.07) is 5.63. The third-order valence-electron chi connectivity index (χ3n) is 3.87. The lowest BCUT2D eigenvalue weighted by Crippen LogP contribution is -1.99. The van der Waals surface area contributed by atoms with E-state index in [4.69, 9.17) is 9.47 Å². The number of unbranched alkanes of at least 4 members (excludes halogenated alkanes) is 6. The van der Waals surface area contributed by atoms with E-state index in [1.807, 2.05) is 18.2 Å². The number of hydrogen-bond acceptors (Lipinski definition) is 3. The maximum atomic E-state index is 10.2. The van der Waals surface area contributed by atoms with Gasteiger partial charge in [0.25, 0.3) is 0 Å². The monoisotopic (exact) mass is 294 g/mol. The van der Waals surface area contributed by atoms with E-state index in [0.717, 1.165) is 18.4 Å². The predicted octanol–water partition coefficient (Wildman–Crippen LogP) is 4.88. The van der Waals surface area contributed by atoms with Gasteiger partial charge < -0.3 is 14.6 Å². The van der Waals surface area contributed by atoms with Crippen LogP contribution in [0.3, 0.4) is 0 Å². The lowest BCUT2D eigenvalue weighted by Gasteiger charge is -2.14. The molecule has 0 amide bonds. The van der Waals surface area contributed by atoms with Gasteiger partial charge in [0, 0.05) is 0 Å². The molecule has 3 heteroatoms. The minimum atomic E-state index is -0.416. The van der Waals surface area contributed by atoms with E-state index < -0.39 is 6.10 Å². The zero-order valence-electron chi connectivity index (χ0n) is 13.7. The summed E-state index contributed by atoms with van der Waals surface area (Å²) in [6.45, 7) is 2.24. The summed E-state index contributed by atoms with van der Waals surface area (Å²) < 4.78 is 10.5. The molecule has 1 aromatic carbocycles. The normalized spacial score (nSPS) is 12.2. The Kier molecular flexibility index (Phi) is 8.91. The van der Waals surface area contributed by atoms with Crippen molar-refractivity contribution in [2.45, 2.75) is 64.4 Å². The number of ether oxygens (including phenoxy) is 2. The molecule has 0 radical (unpaired) electrons. The molecule has 0 heterocycles. The molecule has 0 fully saturated rings. The minimum absolute atomic E-state index is 0.416. The third-order valence-corrected chi connectivity index (χ3v) is 3.87. The molecule has 1 aromatic rings. The van der Waals surface area contributed by atoms with Gasteiger partial charge in [0.15, 0.2) is 11.5 Å². The van der Waals surface area contributed by atoms with Crippen LogP contribution in [0.5, 0.6) is 11.5 Å². The number of rotatable bonds is 11. The van der Waals surface area contributed by atoms with Crippen LogP contribution >= 0.6 is 0 Å². The van der Waals surface area contributed by atoms with E-state index in [9.17, 15) is 5.11 Å². The third kappa shape index (κ3) is 6.38. The summed E-state index contributed by atoms with van der Waals surface area (Å²) >= 11 is 0. The molecule has 0 saturated carbocycles. The van der Waals surface area contributed by atoms with Crippen molar-refractivity contribution in [3.05, 3.63) is 23.8 Å². The first-order valence-corrected chi connectivity index (χ1v) is 8.13. The van der Waals surface area contributed by atoms with Crippen LogP contribution in [-0.2, 0) is 0 Å². The topological polar surface area (TPSA) is 38.7 Å². The fourth-order valence-electron chi connectivity index (χ4n) is 2.52. The van der Waals surface area contributed by atoms with Gasteiger partial charge in [-0.1, -0.05) is 57.9 Å². The molecule has 0 spiro atoms. The molecule has 21 heavy (non-hydrogen) atoms. The van der Waals surface area contributed by atoms with Gasteiger partial charge in [-0.15, -0.1) is 0 Å². The van der Waals surface area contributed by atoms with Crippen molar-refractivity contribution in [3.8, 4) is 11.5 Å². The van der Waals surface area contributed by atoms with Gasteiger partial charge in [-0.05, 0) is 24.1 Å². The molecule has 0 bridgehead atoms. The fraction of sp³-hybridized carbons (Fsp3) is 0.667. The molecular formula is C18H30O3. The van der Waals surface area contributed by atoms with Crippen LogP contribution in [0.2, 0.25) is 0 Å². The van der Waals surface area contributed by atoms with E-state index in [2.05, 4.69) is 6.92 Å². The van der Waals surface area contributed by atoms with Crippen LogP contribution in [0.4, 0.5) is 0 Å². The number of benzene rings is 1. The minimum Gasteiger partial charge on any atom is -0.493 e. The highest BCUT2D eigenvalue weighted by molar-refractivity contribution is 5.43. The molecule has 1 N–H and O–H groups in total. The van der Waals surface area contributed by atoms with Crippen molar-refractivity contribution in [1.82, 2.24) is 0 Å². The number of methoxy groups -OCH3 is 2. The molecule has 0 aromatic heterocycles. The zero-order chi connectivity index (χ0) is 15.5. The largest absolute Gasteiger partial charge is 0.493 e. The van der Waals surface area contributed by atoms with Crippen LogP contribution in [0.1, 0.15) is 70.0 Å². The van der Waals surface area contributed by atoms with Gasteiger partial charge in [0.05, 0.1) is 20.3 Å². The van der Waals surface area contributed by atoms with Gasteiger partial charge in [0.1, 0.15) is 0 Å². The molecule has 0 aliphatic carbocycles. The summed E-state index contributed by atoms with van der Waals surface area (Å²) in [4.78, 5) is 0. The van der Waals surface area contributed by atoms with Crippen molar-refractivity contribution in [2.75, 3.05) is 14.2 Å². The van der Waals surface area contributed by atoms with E-state index in [1.165, 1.54) is 38.5 Å². The summed E-state index contributed by atoms with van der Waals surface area (Å²) in [5, 5.41) is 10.2. The van der Waals surface area contributed by atoms with Crippen molar-refractivity contribution < 1.29 is 14.6 Å². The molecule has 0 aliphatic rings. The number of hydrogen-bond donors (Lipinski definition) is 1. The first-order chi connectivity index (χ1) is 10.2. The molecule has 1 unspecified atom stereocenters. The van der Waals surface area contributed by atoms with E-state index >= 15 is 0 Å². The standard InChI is InChI=1S/C18H30O3/c1-4-5-6-7-8-9-10-11-16(19)15-12-13-17(20-2)18(14-15)21-3/h12-14,16,19H,4-11H2,1-3H3. The second-order valence-corrected chi connectivity index (χ2v) is 5.54. The van der Waals surface area contributed by atoms with Crippen LogP contribution in [0.25, 0.3) is 0 Å². The van der Waals surface area contributed by atoms with Crippen molar-refractivity contribution >= 4 is 0 Å². The maximum absolute atomic E-state index is 10.2. The highest BCUT2D eigenvalue weighted by atomic mass is 16.5. The van der Waals surface area contributed by atoms with Crippen LogP contribution in [0.15, 0.2) is 18.2 Å². The quantitative estimate of drug-likeness (QED) is 0.591. The molecule has 0 aliphatic heterocycles. The molecule has 1 atom stereocenters. The van der Waals surface area contributed by atoms with E-state index in [1.54, 1.807) is 14.2 Å². The Balaban J connectivity index is 2.33. The lowest BCUT2D eigenvalue weighted by atomic mass is 10.0. The summed E-state index contributed by atoms with van der Waals surface area (Å²) in [5.41, 5.74) is 0.902. The Morgan fingerprint density at radius 3 is 2.14 bits per heavy atom. The average molecular weight is 294 g/mol. The van der Waals surface area contributed by atoms with Gasteiger partial charge in [-0.2, -0.15) is 0 Å². The Bertz CT molecular complexity index is 390. The van der Waals surface area contributed by atoms with Crippen LogP contribution in [0, 0.1) is 0 Å². The Morgan fingerprint density at radius 2 is 1.52 bits per heavy atom. The van der Waals surface area contributed by atoms with Gasteiger partial charge in [-0.3, -0.25) is 0 Å². The van der Waals surface area contributed by atoms with Gasteiger partial charge in [0.2, 0.25) is 0 Å². The highest BCUT2D eigenvalue weighted by Crippen LogP contribution is 2.31.